The summed E-state index contributed by atoms with van der Waals surface area (Å²) in [7, 11) is 0. The van der Waals surface area contributed by atoms with Crippen LogP contribution in [0.2, 0.25) is 0 Å². The first kappa shape index (κ1) is 12.5. The van der Waals surface area contributed by atoms with Crippen LogP contribution in [0.1, 0.15) is 13.3 Å². The van der Waals surface area contributed by atoms with Crippen molar-refractivity contribution in [3.63, 3.8) is 0 Å². The average Bonchev–Trinajstić information content (AvgIpc) is 2.03. The predicted octanol–water partition coefficient (Wildman–Crippen LogP) is 1.32. The van der Waals surface area contributed by atoms with E-state index in [0.717, 1.165) is 5.57 Å². The molecule has 0 rings (SSSR count). The number of amides is 1. The Morgan fingerprint density at radius 1 is 1.62 bits per heavy atom. The highest BCUT2D eigenvalue weighted by atomic mass is 35.5. The molecule has 0 aliphatic heterocycles. The van der Waals surface area contributed by atoms with Gasteiger partial charge in [0.2, 0.25) is 5.91 Å². The molecule has 0 aliphatic carbocycles. The summed E-state index contributed by atoms with van der Waals surface area (Å²) in [6.45, 7) is 7.17. The molecule has 0 radical (unpaired) electrons. The van der Waals surface area contributed by atoms with Crippen LogP contribution in [-0.2, 0) is 9.53 Å². The van der Waals surface area contributed by atoms with E-state index in [2.05, 4.69) is 11.9 Å². The highest BCUT2D eigenvalue weighted by Crippen LogP contribution is 1.87. The zero-order valence-electron chi connectivity index (χ0n) is 7.94. The summed E-state index contributed by atoms with van der Waals surface area (Å²) < 4.78 is 5.18. The molecule has 76 valence electrons. The second-order valence-electron chi connectivity index (χ2n) is 2.80. The molecule has 0 aromatic carbocycles. The predicted molar refractivity (Wildman–Crippen MR) is 54.0 cm³/mol. The molecule has 0 aliphatic rings. The van der Waals surface area contributed by atoms with Gasteiger partial charge in [0.15, 0.2) is 0 Å². The van der Waals surface area contributed by atoms with Gasteiger partial charge < -0.3 is 10.1 Å². The third-order valence-electron chi connectivity index (χ3n) is 1.24. The number of rotatable bonds is 7. The fourth-order valence-corrected chi connectivity index (χ4v) is 0.855. The third-order valence-corrected chi connectivity index (χ3v) is 1.43. The fraction of sp³-hybridized carbons (Fsp3) is 0.667. The summed E-state index contributed by atoms with van der Waals surface area (Å²) in [4.78, 5) is 10.9. The Balaban J connectivity index is 3.16. The molecule has 0 aromatic heterocycles. The zero-order valence-corrected chi connectivity index (χ0v) is 8.69. The van der Waals surface area contributed by atoms with E-state index in [9.17, 15) is 4.79 Å². The van der Waals surface area contributed by atoms with Crippen LogP contribution in [0.3, 0.4) is 0 Å². The molecule has 0 atom stereocenters. The molecule has 4 heteroatoms. The summed E-state index contributed by atoms with van der Waals surface area (Å²) in [5, 5.41) is 2.68. The molecule has 1 N–H and O–H groups in total. The molecule has 0 heterocycles. The second kappa shape index (κ2) is 8.08. The van der Waals surface area contributed by atoms with Gasteiger partial charge in [0.05, 0.1) is 13.2 Å². The molecule has 1 amide bonds. The van der Waals surface area contributed by atoms with Gasteiger partial charge in [-0.1, -0.05) is 12.2 Å². The Hall–Kier alpha value is -0.540. The number of ether oxygens (including phenoxy) is 1. The van der Waals surface area contributed by atoms with Crippen LogP contribution >= 0.6 is 11.6 Å². The van der Waals surface area contributed by atoms with Crippen LogP contribution in [0.4, 0.5) is 0 Å². The average molecular weight is 206 g/mol. The Morgan fingerprint density at radius 3 is 2.85 bits per heavy atom. The topological polar surface area (TPSA) is 38.3 Å². The number of nitrogens with one attached hydrogen (secondary N) is 1. The lowest BCUT2D eigenvalue weighted by molar-refractivity contribution is -0.120. The molecule has 0 bridgehead atoms. The fourth-order valence-electron chi connectivity index (χ4n) is 0.683. The monoisotopic (exact) mass is 205 g/mol. The molecule has 0 saturated heterocycles. The van der Waals surface area contributed by atoms with Crippen LogP contribution in [0.25, 0.3) is 0 Å². The summed E-state index contributed by atoms with van der Waals surface area (Å²) in [5.41, 5.74) is 0.979. The van der Waals surface area contributed by atoms with Crippen LogP contribution in [0.15, 0.2) is 12.2 Å². The van der Waals surface area contributed by atoms with Crippen molar-refractivity contribution in [3.8, 4) is 0 Å². The Kier molecular flexibility index (Phi) is 7.74. The van der Waals surface area contributed by atoms with E-state index in [0.29, 0.717) is 32.1 Å². The maximum absolute atomic E-state index is 10.9. The van der Waals surface area contributed by atoms with Crippen molar-refractivity contribution < 1.29 is 9.53 Å². The largest absolute Gasteiger partial charge is 0.375 e. The molecular weight excluding hydrogens is 190 g/mol. The Labute approximate surface area is 84.1 Å². The van der Waals surface area contributed by atoms with Crippen LogP contribution in [-0.4, -0.2) is 31.5 Å². The highest BCUT2D eigenvalue weighted by Gasteiger charge is 1.97. The SMILES string of the molecule is C=C(C)COCCNC(=O)CCCl. The van der Waals surface area contributed by atoms with E-state index in [4.69, 9.17) is 16.3 Å². The van der Waals surface area contributed by atoms with Gasteiger partial charge in [-0.3, -0.25) is 4.79 Å². The van der Waals surface area contributed by atoms with Crippen molar-refractivity contribution >= 4 is 17.5 Å². The van der Waals surface area contributed by atoms with Crippen molar-refractivity contribution in [2.75, 3.05) is 25.6 Å². The molecule has 13 heavy (non-hydrogen) atoms. The number of hydrogen-bond acceptors (Lipinski definition) is 2. The summed E-state index contributed by atoms with van der Waals surface area (Å²) in [6.07, 6.45) is 0.363. The van der Waals surface area contributed by atoms with Crippen molar-refractivity contribution in [3.05, 3.63) is 12.2 Å². The third kappa shape index (κ3) is 9.37. The minimum Gasteiger partial charge on any atom is -0.375 e. The van der Waals surface area contributed by atoms with Gasteiger partial charge in [0.25, 0.3) is 0 Å². The van der Waals surface area contributed by atoms with E-state index >= 15 is 0 Å². The standard InChI is InChI=1S/C9H16ClNO2/c1-8(2)7-13-6-5-11-9(12)3-4-10/h1,3-7H2,2H3,(H,11,12). The van der Waals surface area contributed by atoms with Crippen LogP contribution < -0.4 is 5.32 Å². The number of hydrogen-bond donors (Lipinski definition) is 1. The Bertz CT molecular complexity index is 171. The van der Waals surface area contributed by atoms with Gasteiger partial charge >= 0.3 is 0 Å². The second-order valence-corrected chi connectivity index (χ2v) is 3.18. The van der Waals surface area contributed by atoms with E-state index < -0.39 is 0 Å². The molecule has 3 nitrogen and oxygen atoms in total. The maximum atomic E-state index is 10.9. The molecular formula is C9H16ClNO2. The molecule has 0 unspecified atom stereocenters. The smallest absolute Gasteiger partial charge is 0.221 e. The van der Waals surface area contributed by atoms with Crippen molar-refractivity contribution in [1.29, 1.82) is 0 Å². The zero-order chi connectivity index (χ0) is 10.1. The lowest BCUT2D eigenvalue weighted by atomic mass is 10.4. The molecule has 0 aromatic rings. The van der Waals surface area contributed by atoms with Gasteiger partial charge in [-0.15, -0.1) is 11.6 Å². The van der Waals surface area contributed by atoms with Gasteiger partial charge in [-0.2, -0.15) is 0 Å². The first-order chi connectivity index (χ1) is 6.16. The molecule has 0 saturated carbocycles. The van der Waals surface area contributed by atoms with Crippen molar-refractivity contribution in [2.24, 2.45) is 0 Å². The summed E-state index contributed by atoms with van der Waals surface area (Å²) >= 11 is 5.37. The van der Waals surface area contributed by atoms with Gasteiger partial charge in [-0.05, 0) is 6.92 Å². The van der Waals surface area contributed by atoms with E-state index in [-0.39, 0.29) is 5.91 Å². The number of carbonyl (C=O) groups excluding carboxylic acids is 1. The van der Waals surface area contributed by atoms with Gasteiger partial charge in [0, 0.05) is 18.8 Å². The lowest BCUT2D eigenvalue weighted by Gasteiger charge is -2.04. The molecule has 0 fully saturated rings. The minimum absolute atomic E-state index is 0.0334. The van der Waals surface area contributed by atoms with Crippen molar-refractivity contribution in [1.82, 2.24) is 5.32 Å². The highest BCUT2D eigenvalue weighted by molar-refractivity contribution is 6.18. The first-order valence-electron chi connectivity index (χ1n) is 4.21. The Morgan fingerprint density at radius 2 is 2.31 bits per heavy atom. The van der Waals surface area contributed by atoms with Crippen LogP contribution in [0, 0.1) is 0 Å². The normalized spacial score (nSPS) is 9.69. The number of alkyl halides is 1. The van der Waals surface area contributed by atoms with Gasteiger partial charge in [0.1, 0.15) is 0 Å². The van der Waals surface area contributed by atoms with E-state index in [1.165, 1.54) is 0 Å². The first-order valence-corrected chi connectivity index (χ1v) is 4.75. The van der Waals surface area contributed by atoms with Crippen molar-refractivity contribution in [2.45, 2.75) is 13.3 Å². The van der Waals surface area contributed by atoms with Crippen LogP contribution in [0.5, 0.6) is 0 Å². The van der Waals surface area contributed by atoms with E-state index in [1.807, 2.05) is 6.92 Å². The number of halogens is 1. The summed E-state index contributed by atoms with van der Waals surface area (Å²) in [5.74, 6) is 0.326. The maximum Gasteiger partial charge on any atom is 0.221 e. The van der Waals surface area contributed by atoms with E-state index in [1.54, 1.807) is 0 Å². The quantitative estimate of drug-likeness (QED) is 0.387. The minimum atomic E-state index is -0.0334. The number of carbonyl (C=O) groups is 1. The molecule has 0 spiro atoms. The lowest BCUT2D eigenvalue weighted by Crippen LogP contribution is -2.27. The summed E-state index contributed by atoms with van der Waals surface area (Å²) in [6, 6.07) is 0. The van der Waals surface area contributed by atoms with Gasteiger partial charge in [-0.25, -0.2) is 0 Å².